The van der Waals surface area contributed by atoms with E-state index in [0.29, 0.717) is 5.01 Å². The third-order valence-corrected chi connectivity index (χ3v) is 4.63. The summed E-state index contributed by atoms with van der Waals surface area (Å²) < 4.78 is 26.7. The number of rotatable bonds is 5. The summed E-state index contributed by atoms with van der Waals surface area (Å²) in [5, 5.41) is 0.701. The van der Waals surface area contributed by atoms with Crippen molar-refractivity contribution in [3.8, 4) is 0 Å². The highest BCUT2D eigenvalue weighted by Crippen LogP contribution is 2.17. The Morgan fingerprint density at radius 2 is 2.21 bits per heavy atom. The van der Waals surface area contributed by atoms with Crippen LogP contribution >= 0.6 is 11.3 Å². The number of pyridine rings is 1. The van der Waals surface area contributed by atoms with Gasteiger partial charge in [-0.3, -0.25) is 0 Å². The fourth-order valence-corrected chi connectivity index (χ4v) is 3.36. The molecule has 0 bridgehead atoms. The van der Waals surface area contributed by atoms with Crippen molar-refractivity contribution in [1.82, 2.24) is 14.7 Å². The molecule has 0 saturated carbocycles. The molecule has 0 radical (unpaired) electrons. The molecule has 0 amide bonds. The number of thiazole rings is 1. The van der Waals surface area contributed by atoms with Crippen molar-refractivity contribution < 1.29 is 8.42 Å². The molecule has 0 aliphatic rings. The minimum absolute atomic E-state index is 0.00535. The van der Waals surface area contributed by atoms with Crippen LogP contribution in [0.5, 0.6) is 0 Å². The van der Waals surface area contributed by atoms with Crippen LogP contribution in [-0.4, -0.2) is 18.4 Å². The fourth-order valence-electron chi connectivity index (χ4n) is 1.43. The first-order valence-corrected chi connectivity index (χ1v) is 7.65. The molecule has 0 saturated heterocycles. The average molecular weight is 299 g/mol. The Labute approximate surface area is 114 Å². The Balaban J connectivity index is 2.18. The highest BCUT2D eigenvalue weighted by atomic mass is 32.2. The number of nitrogen functional groups attached to an aromatic ring is 1. The summed E-state index contributed by atoms with van der Waals surface area (Å²) in [4.78, 5) is 8.98. The number of aryl methyl sites for hydroxylation is 1. The molecule has 4 N–H and O–H groups in total. The first-order valence-electron chi connectivity index (χ1n) is 5.35. The average Bonchev–Trinajstić information content (AvgIpc) is 2.82. The van der Waals surface area contributed by atoms with E-state index in [0.717, 1.165) is 4.88 Å². The number of hydrazine groups is 1. The summed E-state index contributed by atoms with van der Waals surface area (Å²) >= 11 is 1.44. The summed E-state index contributed by atoms with van der Waals surface area (Å²) in [7, 11) is -3.68. The molecule has 0 atom stereocenters. The van der Waals surface area contributed by atoms with Crippen LogP contribution in [0.1, 0.15) is 9.88 Å². The van der Waals surface area contributed by atoms with Gasteiger partial charge in [-0.15, -0.1) is 11.3 Å². The van der Waals surface area contributed by atoms with Crippen LogP contribution in [-0.2, 0) is 16.6 Å². The summed E-state index contributed by atoms with van der Waals surface area (Å²) in [6, 6.07) is 2.96. The Hall–Kier alpha value is -1.55. The van der Waals surface area contributed by atoms with Gasteiger partial charge in [-0.25, -0.2) is 29.0 Å². The van der Waals surface area contributed by atoms with Crippen LogP contribution in [0, 0.1) is 6.92 Å². The number of nitrogens with zero attached hydrogens (tertiary/aromatic N) is 2. The van der Waals surface area contributed by atoms with E-state index in [1.54, 1.807) is 6.20 Å². The van der Waals surface area contributed by atoms with E-state index in [9.17, 15) is 8.42 Å². The minimum atomic E-state index is -3.68. The van der Waals surface area contributed by atoms with Gasteiger partial charge in [0, 0.05) is 17.3 Å². The van der Waals surface area contributed by atoms with Crippen molar-refractivity contribution in [2.24, 2.45) is 5.84 Å². The van der Waals surface area contributed by atoms with Crippen LogP contribution in [0.2, 0.25) is 0 Å². The quantitative estimate of drug-likeness (QED) is 0.551. The number of sulfonamides is 1. The van der Waals surface area contributed by atoms with Gasteiger partial charge in [0.1, 0.15) is 9.90 Å². The predicted octanol–water partition coefficient (Wildman–Crippen LogP) is 0.611. The maximum Gasteiger partial charge on any atom is 0.244 e. The Morgan fingerprint density at radius 3 is 2.84 bits per heavy atom. The second-order valence-corrected chi connectivity index (χ2v) is 6.74. The Bertz CT molecular complexity index is 668. The predicted molar refractivity (Wildman–Crippen MR) is 72.9 cm³/mol. The monoisotopic (exact) mass is 299 g/mol. The highest BCUT2D eigenvalue weighted by molar-refractivity contribution is 7.89. The summed E-state index contributed by atoms with van der Waals surface area (Å²) in [6.45, 7) is 2.05. The zero-order valence-corrected chi connectivity index (χ0v) is 11.8. The van der Waals surface area contributed by atoms with Crippen molar-refractivity contribution in [3.05, 3.63) is 34.4 Å². The molecular formula is C10H13N5O2S2. The summed E-state index contributed by atoms with van der Waals surface area (Å²) in [5.74, 6) is 5.35. The van der Waals surface area contributed by atoms with Crippen molar-refractivity contribution in [2.45, 2.75) is 18.4 Å². The molecule has 0 aromatic carbocycles. The van der Waals surface area contributed by atoms with Crippen molar-refractivity contribution in [2.75, 3.05) is 5.43 Å². The highest BCUT2D eigenvalue weighted by Gasteiger charge is 2.19. The van der Waals surface area contributed by atoms with Crippen LogP contribution in [0.25, 0.3) is 0 Å². The van der Waals surface area contributed by atoms with Gasteiger partial charge >= 0.3 is 0 Å². The number of aromatic nitrogens is 2. The Kier molecular flexibility index (Phi) is 4.10. The molecule has 2 aromatic rings. The lowest BCUT2D eigenvalue weighted by Gasteiger charge is -2.08. The van der Waals surface area contributed by atoms with Gasteiger partial charge in [0.15, 0.2) is 5.82 Å². The van der Waals surface area contributed by atoms with Gasteiger partial charge in [0.2, 0.25) is 10.0 Å². The van der Waals surface area contributed by atoms with Crippen molar-refractivity contribution in [1.29, 1.82) is 0 Å². The molecule has 7 nitrogen and oxygen atoms in total. The molecule has 0 spiro atoms. The van der Waals surface area contributed by atoms with Gasteiger partial charge in [0.05, 0.1) is 6.54 Å². The van der Waals surface area contributed by atoms with Crippen molar-refractivity contribution >= 4 is 27.2 Å². The second kappa shape index (κ2) is 5.61. The van der Waals surface area contributed by atoms with E-state index in [2.05, 4.69) is 20.1 Å². The molecule has 9 heteroatoms. The number of nitrogens with two attached hydrogens (primary N) is 1. The first kappa shape index (κ1) is 13.9. The third-order valence-electron chi connectivity index (χ3n) is 2.28. The largest absolute Gasteiger partial charge is 0.307 e. The van der Waals surface area contributed by atoms with E-state index in [1.165, 1.54) is 29.7 Å². The van der Waals surface area contributed by atoms with Crippen LogP contribution in [0.4, 0.5) is 5.82 Å². The van der Waals surface area contributed by atoms with E-state index in [-0.39, 0.29) is 17.3 Å². The van der Waals surface area contributed by atoms with E-state index >= 15 is 0 Å². The molecule has 0 aliphatic carbocycles. The SMILES string of the molecule is Cc1cnc(CNS(=O)(=O)c2cccnc2NN)s1. The van der Waals surface area contributed by atoms with Crippen LogP contribution < -0.4 is 16.0 Å². The van der Waals surface area contributed by atoms with Crippen LogP contribution in [0.3, 0.4) is 0 Å². The zero-order valence-electron chi connectivity index (χ0n) is 10.1. The normalized spacial score (nSPS) is 11.5. The zero-order chi connectivity index (χ0) is 13.9. The molecule has 0 fully saturated rings. The molecule has 19 heavy (non-hydrogen) atoms. The van der Waals surface area contributed by atoms with E-state index < -0.39 is 10.0 Å². The lowest BCUT2D eigenvalue weighted by Crippen LogP contribution is -2.25. The molecule has 2 heterocycles. The molecule has 0 aliphatic heterocycles. The topological polar surface area (TPSA) is 110 Å². The number of hydrogen-bond donors (Lipinski definition) is 3. The van der Waals surface area contributed by atoms with Gasteiger partial charge in [0.25, 0.3) is 0 Å². The molecule has 102 valence electrons. The van der Waals surface area contributed by atoms with Gasteiger partial charge < -0.3 is 5.43 Å². The lowest BCUT2D eigenvalue weighted by molar-refractivity contribution is 0.581. The third kappa shape index (κ3) is 3.26. The molecular weight excluding hydrogens is 286 g/mol. The van der Waals surface area contributed by atoms with E-state index in [1.807, 2.05) is 6.92 Å². The van der Waals surface area contributed by atoms with Gasteiger partial charge in [-0.05, 0) is 19.1 Å². The molecule has 2 rings (SSSR count). The number of nitrogens with one attached hydrogen (secondary N) is 2. The van der Waals surface area contributed by atoms with Crippen LogP contribution in [0.15, 0.2) is 29.4 Å². The van der Waals surface area contributed by atoms with Gasteiger partial charge in [-0.1, -0.05) is 0 Å². The molecule has 2 aromatic heterocycles. The number of hydrogen-bond acceptors (Lipinski definition) is 7. The maximum atomic E-state index is 12.1. The van der Waals surface area contributed by atoms with Gasteiger partial charge in [-0.2, -0.15) is 0 Å². The first-order chi connectivity index (χ1) is 9.03. The minimum Gasteiger partial charge on any atom is -0.307 e. The van der Waals surface area contributed by atoms with E-state index in [4.69, 9.17) is 5.84 Å². The summed E-state index contributed by atoms with van der Waals surface area (Å²) in [5.41, 5.74) is 2.26. The maximum absolute atomic E-state index is 12.1. The Morgan fingerprint density at radius 1 is 1.42 bits per heavy atom. The second-order valence-electron chi connectivity index (χ2n) is 3.68. The molecule has 0 unspecified atom stereocenters. The standard InChI is InChI=1S/C10H13N5O2S2/c1-7-5-13-9(18-7)6-14-19(16,17)8-3-2-4-12-10(8)15-11/h2-5,14H,6,11H2,1H3,(H,12,15). The fraction of sp³-hybridized carbons (Fsp3) is 0.200. The lowest BCUT2D eigenvalue weighted by atomic mass is 10.5. The smallest absolute Gasteiger partial charge is 0.244 e. The van der Waals surface area contributed by atoms with Crippen molar-refractivity contribution in [3.63, 3.8) is 0 Å². The summed E-state index contributed by atoms with van der Waals surface area (Å²) in [6.07, 6.45) is 3.16. The number of anilines is 1.